The van der Waals surface area contributed by atoms with Gasteiger partial charge in [-0.25, -0.2) is 0 Å². The van der Waals surface area contributed by atoms with Crippen molar-refractivity contribution in [2.45, 2.75) is 0 Å². The minimum absolute atomic E-state index is 0. The average Bonchev–Trinajstić information content (AvgIpc) is 1.00. The topological polar surface area (TPSA) is 0 Å². The Hall–Kier alpha value is 1.54. The van der Waals surface area contributed by atoms with Gasteiger partial charge in [-0.15, -0.1) is 0 Å². The molecule has 4 heteroatoms. The van der Waals surface area contributed by atoms with Gasteiger partial charge < -0.3 is 0 Å². The third-order valence-corrected chi connectivity index (χ3v) is 0. The van der Waals surface area contributed by atoms with Crippen LogP contribution in [0.15, 0.2) is 0 Å². The van der Waals surface area contributed by atoms with Crippen LogP contribution >= 0.6 is 0 Å². The molecule has 0 N–H and O–H groups in total. The molecule has 0 aliphatic rings. The Bertz CT molecular complexity index is 8.00. The summed E-state index contributed by atoms with van der Waals surface area (Å²) in [7, 11) is 3.44. The maximum atomic E-state index is 2.14. The zero-order valence-electron chi connectivity index (χ0n) is 2.80. The van der Waals surface area contributed by atoms with E-state index in [0.29, 0.717) is 0 Å². The Kier molecular flexibility index (Phi) is 106. The molecule has 0 nitrogen and oxygen atoms in total. The molecule has 4 heavy (non-hydrogen) atoms. The Morgan fingerprint density at radius 1 is 1.25 bits per heavy atom. The standard InChI is InChI=1S/BH5Si.Fe.Nb/c1-2;;/h1H2,2H3;;. The molecule has 0 aromatic heterocycles. The fourth-order valence-electron chi connectivity index (χ4n) is 0. The molecule has 0 saturated carbocycles. The van der Waals surface area contributed by atoms with Gasteiger partial charge in [0.1, 0.15) is 0 Å². The first-order valence-corrected chi connectivity index (χ1v) is 3.00. The van der Waals surface area contributed by atoms with Gasteiger partial charge in [-0.3, -0.25) is 0 Å². The summed E-state index contributed by atoms with van der Waals surface area (Å²) in [5, 5.41) is 0. The van der Waals surface area contributed by atoms with E-state index < -0.39 is 0 Å². The van der Waals surface area contributed by atoms with Gasteiger partial charge in [-0.05, 0) is 10.1 Å². The first-order valence-electron chi connectivity index (χ1n) is 1.00. The molecule has 0 aliphatic heterocycles. The molecule has 0 amide bonds. The van der Waals surface area contributed by atoms with Gasteiger partial charge in [0.25, 0.3) is 0 Å². The van der Waals surface area contributed by atoms with Crippen molar-refractivity contribution in [1.29, 1.82) is 0 Å². The molecule has 0 aromatic rings. The predicted octanol–water partition coefficient (Wildman–Crippen LogP) is -2.11. The predicted molar refractivity (Wildman–Crippen MR) is 18.5 cm³/mol. The summed E-state index contributed by atoms with van der Waals surface area (Å²) >= 11 is 0. The van der Waals surface area contributed by atoms with Gasteiger partial charge in [0, 0.05) is 39.4 Å². The van der Waals surface area contributed by atoms with Crippen molar-refractivity contribution < 1.29 is 39.4 Å². The van der Waals surface area contributed by atoms with Crippen molar-refractivity contribution in [3.8, 4) is 0 Å². The second-order valence-corrected chi connectivity index (χ2v) is 0. The molecule has 0 fully saturated rings. The Balaban J connectivity index is -0.00000000500. The quantitative estimate of drug-likeness (QED) is 0.386. The summed E-state index contributed by atoms with van der Waals surface area (Å²) in [5.41, 5.74) is 0. The fraction of sp³-hybridized carbons (Fsp3) is 0. The summed E-state index contributed by atoms with van der Waals surface area (Å²) in [6.45, 7) is 0. The summed E-state index contributed by atoms with van der Waals surface area (Å²) in [6, 6.07) is 0. The van der Waals surface area contributed by atoms with Crippen molar-refractivity contribution in [2.24, 2.45) is 0 Å². The van der Waals surface area contributed by atoms with E-state index in [-0.39, 0.29) is 39.4 Å². The van der Waals surface area contributed by atoms with Crippen molar-refractivity contribution >= 4 is 17.6 Å². The van der Waals surface area contributed by atoms with Crippen LogP contribution in [0, 0.1) is 0 Å². The van der Waals surface area contributed by atoms with Crippen LogP contribution in [0.2, 0.25) is 0 Å². The van der Waals surface area contributed by atoms with Crippen LogP contribution in [0.25, 0.3) is 0 Å². The second-order valence-electron chi connectivity index (χ2n) is 0. The largest absolute Gasteiger partial charge is 0.0852 e. The van der Waals surface area contributed by atoms with Crippen LogP contribution in [0.5, 0.6) is 0 Å². The maximum Gasteiger partial charge on any atom is 0.0852 e. The van der Waals surface area contributed by atoms with E-state index in [2.05, 4.69) is 7.44 Å². The Labute approximate surface area is 56.9 Å². The first-order chi connectivity index (χ1) is 1.00. The monoisotopic (exact) mass is 193 g/mol. The van der Waals surface area contributed by atoms with Gasteiger partial charge in [-0.1, -0.05) is 0 Å². The van der Waals surface area contributed by atoms with E-state index in [9.17, 15) is 0 Å². The number of hydrogen-bond donors (Lipinski definition) is 0. The summed E-state index contributed by atoms with van der Waals surface area (Å²) in [6.07, 6.45) is 0. The zero-order valence-corrected chi connectivity index (χ0v) is 8.10. The van der Waals surface area contributed by atoms with Gasteiger partial charge in [0.05, 0.1) is 7.44 Å². The molecule has 0 rings (SSSR count). The zero-order chi connectivity index (χ0) is 2.00. The Morgan fingerprint density at radius 2 is 1.25 bits per heavy atom. The SMILES string of the molecule is B[SiH3].[Fe].[Nb]. The van der Waals surface area contributed by atoms with E-state index in [1.807, 2.05) is 0 Å². The molecule has 0 heterocycles. The van der Waals surface area contributed by atoms with E-state index in [1.54, 1.807) is 0 Å². The second kappa shape index (κ2) is 24.0. The molecule has 0 spiro atoms. The molecular formula is H5BFeNbSi. The van der Waals surface area contributed by atoms with E-state index in [4.69, 9.17) is 0 Å². The fourth-order valence-corrected chi connectivity index (χ4v) is 0. The van der Waals surface area contributed by atoms with Gasteiger partial charge in [0.2, 0.25) is 0 Å². The average molecular weight is 193 g/mol. The summed E-state index contributed by atoms with van der Waals surface area (Å²) < 4.78 is 0. The van der Waals surface area contributed by atoms with E-state index in [0.717, 1.165) is 0 Å². The Morgan fingerprint density at radius 3 is 1.25 bits per heavy atom. The number of rotatable bonds is 0. The molecule has 0 atom stereocenters. The van der Waals surface area contributed by atoms with Gasteiger partial charge >= 0.3 is 0 Å². The van der Waals surface area contributed by atoms with Crippen molar-refractivity contribution in [2.75, 3.05) is 0 Å². The van der Waals surface area contributed by atoms with Gasteiger partial charge in [0.15, 0.2) is 0 Å². The first kappa shape index (κ1) is 17.7. The number of hydrogen-bond acceptors (Lipinski definition) is 0. The minimum Gasteiger partial charge on any atom is -0.0304 e. The van der Waals surface area contributed by atoms with Crippen LogP contribution in [0.1, 0.15) is 0 Å². The normalized spacial score (nSPS) is 2.00. The molecule has 0 aromatic carbocycles. The van der Waals surface area contributed by atoms with Crippen molar-refractivity contribution in [3.63, 3.8) is 0 Å². The van der Waals surface area contributed by atoms with Crippen LogP contribution in [0.4, 0.5) is 0 Å². The third kappa shape index (κ3) is 9.63. The van der Waals surface area contributed by atoms with Gasteiger partial charge in [-0.2, -0.15) is 0 Å². The minimum atomic E-state index is 0. The van der Waals surface area contributed by atoms with Crippen LogP contribution < -0.4 is 0 Å². The molecule has 0 bridgehead atoms. The summed E-state index contributed by atoms with van der Waals surface area (Å²) in [4.78, 5) is 0. The van der Waals surface area contributed by atoms with E-state index in [1.165, 1.54) is 10.1 Å². The molecule has 0 unspecified atom stereocenters. The molecular weight excluding hydrogens is 188 g/mol. The van der Waals surface area contributed by atoms with Crippen molar-refractivity contribution in [3.05, 3.63) is 0 Å². The maximum absolute atomic E-state index is 2.14. The van der Waals surface area contributed by atoms with Crippen LogP contribution in [-0.4, -0.2) is 17.6 Å². The smallest absolute Gasteiger partial charge is 0.0304 e. The third-order valence-electron chi connectivity index (χ3n) is 0. The summed E-state index contributed by atoms with van der Waals surface area (Å²) in [5.74, 6) is 0. The molecule has 25 valence electrons. The van der Waals surface area contributed by atoms with E-state index >= 15 is 0 Å². The molecule has 1 radical (unpaired) electrons. The molecule has 0 aliphatic carbocycles. The molecule has 0 saturated heterocycles. The van der Waals surface area contributed by atoms with Crippen LogP contribution in [-0.2, 0) is 39.4 Å². The van der Waals surface area contributed by atoms with Crippen molar-refractivity contribution in [1.82, 2.24) is 0 Å². The van der Waals surface area contributed by atoms with Crippen LogP contribution in [0.3, 0.4) is 0 Å².